The van der Waals surface area contributed by atoms with Crippen LogP contribution in [-0.4, -0.2) is 15.9 Å². The summed E-state index contributed by atoms with van der Waals surface area (Å²) in [6, 6.07) is 13.2. The molecule has 0 saturated carbocycles. The molecule has 0 aliphatic carbocycles. The van der Waals surface area contributed by atoms with Crippen molar-refractivity contribution in [3.63, 3.8) is 0 Å². The van der Waals surface area contributed by atoms with Gasteiger partial charge in [-0.2, -0.15) is 0 Å². The largest absolute Gasteiger partial charge is 0.508 e. The molecule has 1 N–H and O–H groups in total. The molecule has 0 radical (unpaired) electrons. The van der Waals surface area contributed by atoms with Crippen molar-refractivity contribution >= 4 is 28.5 Å². The van der Waals surface area contributed by atoms with Crippen LogP contribution in [0.1, 0.15) is 21.5 Å². The maximum Gasteiger partial charge on any atom is 0.255 e. The van der Waals surface area contributed by atoms with E-state index in [-0.39, 0.29) is 11.7 Å². The fraction of sp³-hybridized carbons (Fsp3) is 0.133. The van der Waals surface area contributed by atoms with Crippen LogP contribution >= 0.6 is 22.6 Å². The van der Waals surface area contributed by atoms with E-state index in [1.807, 2.05) is 35.2 Å². The van der Waals surface area contributed by atoms with Gasteiger partial charge in [-0.3, -0.25) is 4.79 Å². The summed E-state index contributed by atoms with van der Waals surface area (Å²) in [7, 11) is 0. The molecular weight excluding hydrogens is 353 g/mol. The summed E-state index contributed by atoms with van der Waals surface area (Å²) in [4.78, 5) is 14.2. The third kappa shape index (κ3) is 2.32. The Morgan fingerprint density at radius 2 is 1.95 bits per heavy atom. The van der Waals surface area contributed by atoms with Gasteiger partial charge >= 0.3 is 0 Å². The van der Waals surface area contributed by atoms with E-state index < -0.39 is 0 Å². The lowest BCUT2D eigenvalue weighted by Gasteiger charge is -2.15. The molecule has 4 heteroatoms. The van der Waals surface area contributed by atoms with Gasteiger partial charge in [0.25, 0.3) is 5.91 Å². The highest BCUT2D eigenvalue weighted by atomic mass is 127. The summed E-state index contributed by atoms with van der Waals surface area (Å²) in [5.41, 5.74) is 2.75. The van der Waals surface area contributed by atoms with Crippen molar-refractivity contribution in [2.75, 3.05) is 0 Å². The number of amides is 1. The van der Waals surface area contributed by atoms with Crippen molar-refractivity contribution in [3.05, 3.63) is 62.7 Å². The van der Waals surface area contributed by atoms with E-state index >= 15 is 0 Å². The summed E-state index contributed by atoms with van der Waals surface area (Å²) >= 11 is 2.10. The predicted molar refractivity (Wildman–Crippen MR) is 80.8 cm³/mol. The van der Waals surface area contributed by atoms with Gasteiger partial charge in [-0.25, -0.2) is 0 Å². The molecule has 0 atom stereocenters. The Morgan fingerprint density at radius 1 is 1.21 bits per heavy atom. The molecule has 2 aromatic carbocycles. The average molecular weight is 365 g/mol. The third-order valence-electron chi connectivity index (χ3n) is 3.24. The summed E-state index contributed by atoms with van der Waals surface area (Å²) in [6.45, 7) is 1.17. The standard InChI is InChI=1S/C15H12INO2/c16-13-7-12(18)6-11-9-17(15(19)14(11)13)8-10-4-2-1-3-5-10/h1-7,18H,8-9H2. The summed E-state index contributed by atoms with van der Waals surface area (Å²) < 4.78 is 0.813. The van der Waals surface area contributed by atoms with Crippen molar-refractivity contribution in [1.82, 2.24) is 4.90 Å². The molecule has 0 bridgehead atoms. The lowest BCUT2D eigenvalue weighted by atomic mass is 10.1. The zero-order valence-corrected chi connectivity index (χ0v) is 12.3. The lowest BCUT2D eigenvalue weighted by Crippen LogP contribution is -2.23. The fourth-order valence-electron chi connectivity index (χ4n) is 2.38. The van der Waals surface area contributed by atoms with E-state index in [4.69, 9.17) is 0 Å². The first kappa shape index (κ1) is 12.5. The number of benzene rings is 2. The zero-order chi connectivity index (χ0) is 13.4. The van der Waals surface area contributed by atoms with Crippen molar-refractivity contribution in [3.8, 4) is 5.75 Å². The highest BCUT2D eigenvalue weighted by molar-refractivity contribution is 14.1. The molecule has 1 aliphatic heterocycles. The van der Waals surface area contributed by atoms with Crippen LogP contribution in [0.4, 0.5) is 0 Å². The second-order valence-corrected chi connectivity index (χ2v) is 5.77. The minimum absolute atomic E-state index is 0.0447. The molecule has 0 saturated heterocycles. The van der Waals surface area contributed by atoms with Gasteiger partial charge in [-0.1, -0.05) is 30.3 Å². The van der Waals surface area contributed by atoms with Crippen molar-refractivity contribution < 1.29 is 9.90 Å². The molecule has 3 rings (SSSR count). The van der Waals surface area contributed by atoms with Crippen LogP contribution < -0.4 is 0 Å². The van der Waals surface area contributed by atoms with Gasteiger partial charge in [0, 0.05) is 16.7 Å². The SMILES string of the molecule is O=C1c2c(I)cc(O)cc2CN1Cc1ccccc1. The number of phenols is 1. The van der Waals surface area contributed by atoms with Gasteiger partial charge in [-0.15, -0.1) is 0 Å². The molecule has 1 amide bonds. The first-order valence-corrected chi connectivity index (χ1v) is 7.07. The van der Waals surface area contributed by atoms with Gasteiger partial charge in [0.15, 0.2) is 0 Å². The Hall–Kier alpha value is -1.56. The minimum Gasteiger partial charge on any atom is -0.508 e. The third-order valence-corrected chi connectivity index (χ3v) is 4.09. The maximum atomic E-state index is 12.4. The Labute approximate surface area is 125 Å². The first-order valence-electron chi connectivity index (χ1n) is 6.00. The average Bonchev–Trinajstić information content (AvgIpc) is 2.67. The molecule has 0 aromatic heterocycles. The predicted octanol–water partition coefficient (Wildman–Crippen LogP) is 3.15. The number of rotatable bonds is 2. The maximum absolute atomic E-state index is 12.4. The van der Waals surface area contributed by atoms with Gasteiger partial charge in [0.05, 0.1) is 5.56 Å². The van der Waals surface area contributed by atoms with Crippen LogP contribution in [0.5, 0.6) is 5.75 Å². The molecule has 19 heavy (non-hydrogen) atoms. The Kier molecular flexibility index (Phi) is 3.18. The topological polar surface area (TPSA) is 40.5 Å². The number of aromatic hydroxyl groups is 1. The summed E-state index contributed by atoms with van der Waals surface area (Å²) in [5, 5.41) is 9.60. The lowest BCUT2D eigenvalue weighted by molar-refractivity contribution is 0.0766. The second kappa shape index (κ2) is 4.85. The number of fused-ring (bicyclic) bond motifs is 1. The van der Waals surface area contributed by atoms with E-state index in [9.17, 15) is 9.90 Å². The first-order chi connectivity index (χ1) is 9.15. The molecule has 1 heterocycles. The Balaban J connectivity index is 1.89. The van der Waals surface area contributed by atoms with Crippen molar-refractivity contribution in [2.45, 2.75) is 13.1 Å². The van der Waals surface area contributed by atoms with E-state index in [1.54, 1.807) is 12.1 Å². The minimum atomic E-state index is 0.0447. The molecule has 0 unspecified atom stereocenters. The van der Waals surface area contributed by atoms with Crippen LogP contribution in [0.3, 0.4) is 0 Å². The molecule has 96 valence electrons. The fourth-order valence-corrected chi connectivity index (χ4v) is 3.28. The molecule has 0 spiro atoms. The van der Waals surface area contributed by atoms with Crippen molar-refractivity contribution in [2.24, 2.45) is 0 Å². The van der Waals surface area contributed by atoms with E-state index in [0.29, 0.717) is 13.1 Å². The monoisotopic (exact) mass is 365 g/mol. The van der Waals surface area contributed by atoms with E-state index in [0.717, 1.165) is 20.3 Å². The number of halogens is 1. The Morgan fingerprint density at radius 3 is 2.68 bits per heavy atom. The molecular formula is C15H12INO2. The van der Waals surface area contributed by atoms with E-state index in [1.165, 1.54) is 0 Å². The molecule has 2 aromatic rings. The Bertz CT molecular complexity index is 640. The number of phenolic OH excluding ortho intramolecular Hbond substituents is 1. The van der Waals surface area contributed by atoms with Crippen LogP contribution in [0.15, 0.2) is 42.5 Å². The smallest absolute Gasteiger partial charge is 0.255 e. The highest BCUT2D eigenvalue weighted by Crippen LogP contribution is 2.31. The number of carbonyl (C=O) groups excluding carboxylic acids is 1. The van der Waals surface area contributed by atoms with E-state index in [2.05, 4.69) is 22.6 Å². The van der Waals surface area contributed by atoms with Gasteiger partial charge < -0.3 is 10.0 Å². The molecule has 0 fully saturated rings. The normalized spacial score (nSPS) is 13.7. The number of nitrogens with zero attached hydrogens (tertiary/aromatic N) is 1. The number of hydrogen-bond donors (Lipinski definition) is 1. The highest BCUT2D eigenvalue weighted by Gasteiger charge is 2.29. The zero-order valence-electron chi connectivity index (χ0n) is 10.1. The van der Waals surface area contributed by atoms with Gasteiger partial charge in [0.1, 0.15) is 5.75 Å². The van der Waals surface area contributed by atoms with Crippen LogP contribution in [0.2, 0.25) is 0 Å². The molecule has 1 aliphatic rings. The van der Waals surface area contributed by atoms with Crippen molar-refractivity contribution in [1.29, 1.82) is 0 Å². The summed E-state index contributed by atoms with van der Waals surface area (Å²) in [5.74, 6) is 0.265. The molecule has 3 nitrogen and oxygen atoms in total. The number of carbonyl (C=O) groups is 1. The quantitative estimate of drug-likeness (QED) is 0.831. The van der Waals surface area contributed by atoms with Crippen LogP contribution in [0.25, 0.3) is 0 Å². The van der Waals surface area contributed by atoms with Gasteiger partial charge in [-0.05, 0) is 45.9 Å². The van der Waals surface area contributed by atoms with Crippen LogP contribution in [-0.2, 0) is 13.1 Å². The van der Waals surface area contributed by atoms with Crippen LogP contribution in [0, 0.1) is 3.57 Å². The summed E-state index contributed by atoms with van der Waals surface area (Å²) in [6.07, 6.45) is 0. The van der Waals surface area contributed by atoms with Gasteiger partial charge in [0.2, 0.25) is 0 Å². The second-order valence-electron chi connectivity index (χ2n) is 4.61. The number of hydrogen-bond acceptors (Lipinski definition) is 2.